The average Bonchev–Trinajstić information content (AvgIpc) is 3.07. The predicted octanol–water partition coefficient (Wildman–Crippen LogP) is 0.946. The van der Waals surface area contributed by atoms with Crippen LogP contribution < -0.4 is 0 Å². The van der Waals surface area contributed by atoms with E-state index in [0.717, 1.165) is 42.9 Å². The first kappa shape index (κ1) is 14.5. The standard InChI is InChI=1S/C16H23N3O2/c1-11-2-3-14-15(6-11)18-16(17-14)4-5-19-7-12(9-20)13(8-19)10-21/h2-3,6,12-13,20-21H,4-5,7-10H2,1H3,(H,17,18)/t12-,13-/m0/s1. The van der Waals surface area contributed by atoms with Crippen molar-refractivity contribution in [3.05, 3.63) is 29.6 Å². The van der Waals surface area contributed by atoms with Crippen LogP contribution in [-0.4, -0.2) is 57.9 Å². The molecule has 5 nitrogen and oxygen atoms in total. The van der Waals surface area contributed by atoms with E-state index < -0.39 is 0 Å². The summed E-state index contributed by atoms with van der Waals surface area (Å²) in [5, 5.41) is 18.7. The highest BCUT2D eigenvalue weighted by molar-refractivity contribution is 5.75. The van der Waals surface area contributed by atoms with Crippen LogP contribution in [0, 0.1) is 18.8 Å². The maximum absolute atomic E-state index is 9.34. The first-order valence-electron chi connectivity index (χ1n) is 7.59. The Labute approximate surface area is 124 Å². The van der Waals surface area contributed by atoms with Crippen molar-refractivity contribution in [3.8, 4) is 0 Å². The molecule has 0 radical (unpaired) electrons. The van der Waals surface area contributed by atoms with Gasteiger partial charge in [-0.1, -0.05) is 6.07 Å². The van der Waals surface area contributed by atoms with Gasteiger partial charge >= 0.3 is 0 Å². The molecule has 0 saturated carbocycles. The van der Waals surface area contributed by atoms with Gasteiger partial charge in [-0.2, -0.15) is 0 Å². The molecule has 3 rings (SSSR count). The summed E-state index contributed by atoms with van der Waals surface area (Å²) < 4.78 is 0. The molecular formula is C16H23N3O2. The van der Waals surface area contributed by atoms with E-state index in [1.165, 1.54) is 5.56 Å². The van der Waals surface area contributed by atoms with E-state index in [9.17, 15) is 10.2 Å². The van der Waals surface area contributed by atoms with Crippen molar-refractivity contribution in [2.45, 2.75) is 13.3 Å². The number of aliphatic hydroxyl groups is 2. The minimum absolute atomic E-state index is 0.158. The number of hydrogen-bond donors (Lipinski definition) is 3. The Bertz CT molecular complexity index is 599. The Morgan fingerprint density at radius 2 is 1.95 bits per heavy atom. The van der Waals surface area contributed by atoms with Crippen LogP contribution in [0.5, 0.6) is 0 Å². The van der Waals surface area contributed by atoms with Gasteiger partial charge in [0.2, 0.25) is 0 Å². The molecule has 0 aliphatic carbocycles. The summed E-state index contributed by atoms with van der Waals surface area (Å²) in [5.74, 6) is 1.41. The van der Waals surface area contributed by atoms with Crippen LogP contribution in [0.1, 0.15) is 11.4 Å². The molecular weight excluding hydrogens is 266 g/mol. The largest absolute Gasteiger partial charge is 0.396 e. The number of fused-ring (bicyclic) bond motifs is 1. The second kappa shape index (κ2) is 6.13. The van der Waals surface area contributed by atoms with E-state index in [2.05, 4.69) is 33.9 Å². The number of aromatic amines is 1. The highest BCUT2D eigenvalue weighted by Gasteiger charge is 2.31. The number of aryl methyl sites for hydroxylation is 1. The zero-order valence-electron chi connectivity index (χ0n) is 12.4. The van der Waals surface area contributed by atoms with Crippen molar-refractivity contribution >= 4 is 11.0 Å². The van der Waals surface area contributed by atoms with Crippen LogP contribution in [0.25, 0.3) is 11.0 Å². The normalized spacial score (nSPS) is 23.2. The number of hydrogen-bond acceptors (Lipinski definition) is 4. The Balaban J connectivity index is 1.62. The van der Waals surface area contributed by atoms with Crippen molar-refractivity contribution < 1.29 is 10.2 Å². The van der Waals surface area contributed by atoms with Crippen LogP contribution in [0.15, 0.2) is 18.2 Å². The lowest BCUT2D eigenvalue weighted by molar-refractivity contribution is 0.152. The summed E-state index contributed by atoms with van der Waals surface area (Å²) in [5.41, 5.74) is 3.33. The van der Waals surface area contributed by atoms with Gasteiger partial charge in [0.25, 0.3) is 0 Å². The van der Waals surface area contributed by atoms with Crippen LogP contribution >= 0.6 is 0 Å². The SMILES string of the molecule is Cc1ccc2nc(CCN3C[C@@H](CO)[C@H](CO)C3)[nH]c2c1. The van der Waals surface area contributed by atoms with Crippen LogP contribution in [-0.2, 0) is 6.42 Å². The Hall–Kier alpha value is -1.43. The molecule has 2 atom stereocenters. The van der Waals surface area contributed by atoms with E-state index in [1.54, 1.807) is 0 Å². The second-order valence-corrected chi connectivity index (χ2v) is 6.10. The lowest BCUT2D eigenvalue weighted by Crippen LogP contribution is -2.24. The molecule has 3 N–H and O–H groups in total. The molecule has 21 heavy (non-hydrogen) atoms. The Kier molecular flexibility index (Phi) is 4.24. The van der Waals surface area contributed by atoms with Gasteiger partial charge in [0.05, 0.1) is 11.0 Å². The molecule has 1 aromatic carbocycles. The average molecular weight is 289 g/mol. The third-order valence-corrected chi connectivity index (χ3v) is 4.47. The van der Waals surface area contributed by atoms with E-state index >= 15 is 0 Å². The van der Waals surface area contributed by atoms with Crippen molar-refractivity contribution in [2.24, 2.45) is 11.8 Å². The molecule has 1 aliphatic heterocycles. The molecule has 114 valence electrons. The molecule has 1 aromatic heterocycles. The summed E-state index contributed by atoms with van der Waals surface area (Å²) in [7, 11) is 0. The second-order valence-electron chi connectivity index (χ2n) is 6.10. The van der Waals surface area contributed by atoms with Gasteiger partial charge in [-0.05, 0) is 24.6 Å². The molecule has 0 bridgehead atoms. The zero-order valence-corrected chi connectivity index (χ0v) is 12.4. The summed E-state index contributed by atoms with van der Waals surface area (Å²) in [6, 6.07) is 6.24. The fraction of sp³-hybridized carbons (Fsp3) is 0.562. The lowest BCUT2D eigenvalue weighted by atomic mass is 9.98. The van der Waals surface area contributed by atoms with Gasteiger partial charge in [-0.15, -0.1) is 0 Å². The van der Waals surface area contributed by atoms with Gasteiger partial charge in [0.15, 0.2) is 0 Å². The maximum atomic E-state index is 9.34. The van der Waals surface area contributed by atoms with Crippen LogP contribution in [0.3, 0.4) is 0 Å². The van der Waals surface area contributed by atoms with Crippen LogP contribution in [0.4, 0.5) is 0 Å². The van der Waals surface area contributed by atoms with Gasteiger partial charge in [-0.3, -0.25) is 0 Å². The summed E-state index contributed by atoms with van der Waals surface area (Å²) >= 11 is 0. The Morgan fingerprint density at radius 3 is 2.62 bits per heavy atom. The lowest BCUT2D eigenvalue weighted by Gasteiger charge is -2.14. The smallest absolute Gasteiger partial charge is 0.108 e. The molecule has 0 spiro atoms. The van der Waals surface area contributed by atoms with Crippen molar-refractivity contribution in [2.75, 3.05) is 32.8 Å². The number of rotatable bonds is 5. The van der Waals surface area contributed by atoms with E-state index in [-0.39, 0.29) is 25.0 Å². The molecule has 5 heteroatoms. The third kappa shape index (κ3) is 3.10. The predicted molar refractivity (Wildman–Crippen MR) is 82.1 cm³/mol. The first-order chi connectivity index (χ1) is 10.2. The van der Waals surface area contributed by atoms with E-state index in [1.807, 2.05) is 6.07 Å². The Morgan fingerprint density at radius 1 is 1.24 bits per heavy atom. The minimum atomic E-state index is 0.158. The quantitative estimate of drug-likeness (QED) is 0.766. The monoisotopic (exact) mass is 289 g/mol. The van der Waals surface area contributed by atoms with Gasteiger partial charge in [0, 0.05) is 51.1 Å². The molecule has 0 amide bonds. The van der Waals surface area contributed by atoms with Crippen molar-refractivity contribution in [1.29, 1.82) is 0 Å². The molecule has 0 unspecified atom stereocenters. The number of aromatic nitrogens is 2. The molecule has 1 saturated heterocycles. The molecule has 2 heterocycles. The fourth-order valence-corrected chi connectivity index (χ4v) is 3.19. The number of benzene rings is 1. The van der Waals surface area contributed by atoms with Crippen molar-refractivity contribution in [1.82, 2.24) is 14.9 Å². The highest BCUT2D eigenvalue weighted by atomic mass is 16.3. The minimum Gasteiger partial charge on any atom is -0.396 e. The number of imidazole rings is 1. The van der Waals surface area contributed by atoms with E-state index in [4.69, 9.17) is 0 Å². The summed E-state index contributed by atoms with van der Waals surface area (Å²) in [4.78, 5) is 10.3. The number of nitrogens with zero attached hydrogens (tertiary/aromatic N) is 2. The zero-order chi connectivity index (χ0) is 14.8. The highest BCUT2D eigenvalue weighted by Crippen LogP contribution is 2.22. The van der Waals surface area contributed by atoms with Crippen molar-refractivity contribution in [3.63, 3.8) is 0 Å². The number of nitrogens with one attached hydrogen (secondary N) is 1. The molecule has 2 aromatic rings. The number of aliphatic hydroxyl groups excluding tert-OH is 2. The first-order valence-corrected chi connectivity index (χ1v) is 7.59. The van der Waals surface area contributed by atoms with Gasteiger partial charge < -0.3 is 20.1 Å². The summed E-state index contributed by atoms with van der Waals surface area (Å²) in [6.07, 6.45) is 0.865. The molecule has 1 fully saturated rings. The van der Waals surface area contributed by atoms with Gasteiger partial charge in [0.1, 0.15) is 5.82 Å². The topological polar surface area (TPSA) is 72.4 Å². The molecule has 1 aliphatic rings. The van der Waals surface area contributed by atoms with E-state index in [0.29, 0.717) is 0 Å². The fourth-order valence-electron chi connectivity index (χ4n) is 3.19. The maximum Gasteiger partial charge on any atom is 0.108 e. The number of H-pyrrole nitrogens is 1. The van der Waals surface area contributed by atoms with Crippen LogP contribution in [0.2, 0.25) is 0 Å². The number of likely N-dealkylation sites (tertiary alicyclic amines) is 1. The summed E-state index contributed by atoms with van der Waals surface area (Å²) in [6.45, 7) is 5.03. The third-order valence-electron chi connectivity index (χ3n) is 4.47. The van der Waals surface area contributed by atoms with Gasteiger partial charge in [-0.25, -0.2) is 4.98 Å².